The lowest BCUT2D eigenvalue weighted by Gasteiger charge is -2.29. The number of nitrogens with one attached hydrogen (secondary N) is 1. The highest BCUT2D eigenvalue weighted by Crippen LogP contribution is 2.29. The number of H-pyrrole nitrogens is 1. The van der Waals surface area contributed by atoms with Gasteiger partial charge in [-0.05, 0) is 37.1 Å². The molecule has 9 heteroatoms. The van der Waals surface area contributed by atoms with Gasteiger partial charge in [0, 0.05) is 13.0 Å². The van der Waals surface area contributed by atoms with Crippen LogP contribution in [0.5, 0.6) is 0 Å². The Morgan fingerprint density at radius 3 is 3.00 bits per heavy atom. The lowest BCUT2D eigenvalue weighted by molar-refractivity contribution is 0.511. The molecule has 4 rings (SSSR count). The van der Waals surface area contributed by atoms with Crippen LogP contribution in [0, 0.1) is 12.7 Å². The topological polar surface area (TPSA) is 79.7 Å². The summed E-state index contributed by atoms with van der Waals surface area (Å²) in [5.41, 5.74) is 3.88. The van der Waals surface area contributed by atoms with E-state index in [0.717, 1.165) is 22.5 Å². The highest BCUT2D eigenvalue weighted by Gasteiger charge is 2.27. The number of anilines is 1. The molecule has 1 aromatic carbocycles. The van der Waals surface area contributed by atoms with Gasteiger partial charge in [0.25, 0.3) is 5.56 Å². The quantitative estimate of drug-likeness (QED) is 0.746. The Kier molecular flexibility index (Phi) is 4.43. The number of aryl methyl sites for hydroxylation is 1. The second-order valence-corrected chi connectivity index (χ2v) is 7.05. The molecule has 0 fully saturated rings. The molecule has 1 aliphatic heterocycles. The van der Waals surface area contributed by atoms with Crippen molar-refractivity contribution >= 4 is 17.3 Å². The molecule has 0 unspecified atom stereocenters. The maximum atomic E-state index is 13.7. The smallest absolute Gasteiger partial charge is 0.285 e. The molecule has 0 radical (unpaired) electrons. The van der Waals surface area contributed by atoms with Gasteiger partial charge in [-0.2, -0.15) is 5.10 Å². The highest BCUT2D eigenvalue weighted by atomic mass is 35.5. The first-order valence-electron chi connectivity index (χ1n) is 8.63. The van der Waals surface area contributed by atoms with Crippen molar-refractivity contribution in [3.05, 3.63) is 68.1 Å². The summed E-state index contributed by atoms with van der Waals surface area (Å²) < 4.78 is 15.6. The number of aromatic amines is 1. The van der Waals surface area contributed by atoms with Gasteiger partial charge in [-0.15, -0.1) is 5.10 Å². The maximum absolute atomic E-state index is 13.7. The largest absolute Gasteiger partial charge is 0.362 e. The fourth-order valence-corrected chi connectivity index (χ4v) is 3.74. The monoisotopic (exact) mass is 388 g/mol. The van der Waals surface area contributed by atoms with Gasteiger partial charge in [-0.3, -0.25) is 4.79 Å². The van der Waals surface area contributed by atoms with Crippen molar-refractivity contribution in [2.24, 2.45) is 0 Å². The van der Waals surface area contributed by atoms with Gasteiger partial charge in [0.15, 0.2) is 0 Å². The Labute approximate surface area is 159 Å². The standard InChI is InChI=1S/C18H18ClFN6O/c1-10-3-4-12(20)7-13(10)11(2)26-15-5-6-25(9-14(15)22-24-26)16-8-21-23-18(27)17(16)19/h3-4,7-8,11H,5-6,9H2,1-2H3,(H,23,27)/t11-/m1/s1. The molecule has 0 bridgehead atoms. The van der Waals surface area contributed by atoms with E-state index in [1.807, 2.05) is 23.4 Å². The molecule has 0 aliphatic carbocycles. The van der Waals surface area contributed by atoms with E-state index in [9.17, 15) is 9.18 Å². The predicted octanol–water partition coefficient (Wildman–Crippen LogP) is 2.63. The van der Waals surface area contributed by atoms with Crippen molar-refractivity contribution in [1.29, 1.82) is 0 Å². The van der Waals surface area contributed by atoms with Crippen LogP contribution in [0.15, 0.2) is 29.2 Å². The molecule has 0 saturated heterocycles. The van der Waals surface area contributed by atoms with E-state index in [1.54, 1.807) is 12.1 Å². The second kappa shape index (κ2) is 6.77. The minimum Gasteiger partial charge on any atom is -0.362 e. The molecule has 0 saturated carbocycles. The van der Waals surface area contributed by atoms with Crippen LogP contribution in [0.4, 0.5) is 10.1 Å². The first-order valence-corrected chi connectivity index (χ1v) is 9.00. The molecular weight excluding hydrogens is 371 g/mol. The highest BCUT2D eigenvalue weighted by molar-refractivity contribution is 6.32. The summed E-state index contributed by atoms with van der Waals surface area (Å²) in [5, 5.41) is 14.9. The summed E-state index contributed by atoms with van der Waals surface area (Å²) in [7, 11) is 0. The van der Waals surface area contributed by atoms with Crippen molar-refractivity contribution in [1.82, 2.24) is 25.2 Å². The van der Waals surface area contributed by atoms with E-state index < -0.39 is 5.56 Å². The lowest BCUT2D eigenvalue weighted by Crippen LogP contribution is -2.33. The first kappa shape index (κ1) is 17.7. The van der Waals surface area contributed by atoms with Gasteiger partial charge in [0.2, 0.25) is 0 Å². The number of fused-ring (bicyclic) bond motifs is 1. The number of hydrogen-bond acceptors (Lipinski definition) is 5. The Bertz CT molecular complexity index is 1060. The number of benzene rings is 1. The third-order valence-electron chi connectivity index (χ3n) is 5.01. The van der Waals surface area contributed by atoms with Gasteiger partial charge in [-0.1, -0.05) is 22.9 Å². The SMILES string of the molecule is Cc1ccc(F)cc1[C@@H](C)n1nnc2c1CCN(c1cn[nH]c(=O)c1Cl)C2. The second-order valence-electron chi connectivity index (χ2n) is 6.67. The Hall–Kier alpha value is -2.74. The summed E-state index contributed by atoms with van der Waals surface area (Å²) in [6.07, 6.45) is 2.22. The third kappa shape index (κ3) is 3.10. The van der Waals surface area contributed by atoms with E-state index in [2.05, 4.69) is 20.5 Å². The molecule has 0 spiro atoms. The van der Waals surface area contributed by atoms with Gasteiger partial charge in [0.1, 0.15) is 16.5 Å². The van der Waals surface area contributed by atoms with Gasteiger partial charge in [0.05, 0.1) is 30.2 Å². The molecule has 3 aromatic rings. The summed E-state index contributed by atoms with van der Waals surface area (Å²) in [4.78, 5) is 13.7. The molecular formula is C18H18ClFN6O. The van der Waals surface area contributed by atoms with Crippen LogP contribution in [-0.4, -0.2) is 31.7 Å². The summed E-state index contributed by atoms with van der Waals surface area (Å²) in [6, 6.07) is 4.65. The van der Waals surface area contributed by atoms with Crippen molar-refractivity contribution in [3.63, 3.8) is 0 Å². The van der Waals surface area contributed by atoms with Crippen molar-refractivity contribution in [3.8, 4) is 0 Å². The Morgan fingerprint density at radius 2 is 2.19 bits per heavy atom. The molecule has 1 N–H and O–H groups in total. The Balaban J connectivity index is 1.65. The Morgan fingerprint density at radius 1 is 1.37 bits per heavy atom. The minimum absolute atomic E-state index is 0.115. The number of aromatic nitrogens is 5. The fraction of sp³-hybridized carbons (Fsp3) is 0.333. The molecule has 27 heavy (non-hydrogen) atoms. The molecule has 3 heterocycles. The van der Waals surface area contributed by atoms with Gasteiger partial charge in [-0.25, -0.2) is 14.2 Å². The van der Waals surface area contributed by atoms with Crippen LogP contribution in [0.2, 0.25) is 5.02 Å². The van der Waals surface area contributed by atoms with Crippen LogP contribution < -0.4 is 10.5 Å². The zero-order chi connectivity index (χ0) is 19.1. The van der Waals surface area contributed by atoms with Crippen LogP contribution in [-0.2, 0) is 13.0 Å². The fourth-order valence-electron chi connectivity index (χ4n) is 3.53. The average molecular weight is 389 g/mol. The normalized spacial score (nSPS) is 14.9. The molecule has 7 nitrogen and oxygen atoms in total. The molecule has 2 aromatic heterocycles. The van der Waals surface area contributed by atoms with E-state index in [0.29, 0.717) is 25.2 Å². The lowest BCUT2D eigenvalue weighted by atomic mass is 10.0. The van der Waals surface area contributed by atoms with Crippen LogP contribution in [0.1, 0.15) is 35.5 Å². The van der Waals surface area contributed by atoms with E-state index in [1.165, 1.54) is 12.3 Å². The van der Waals surface area contributed by atoms with Crippen LogP contribution >= 0.6 is 11.6 Å². The van der Waals surface area contributed by atoms with Gasteiger partial charge < -0.3 is 4.90 Å². The van der Waals surface area contributed by atoms with Crippen LogP contribution in [0.3, 0.4) is 0 Å². The minimum atomic E-state index is -0.418. The molecule has 1 atom stereocenters. The number of hydrogen-bond donors (Lipinski definition) is 1. The number of halogens is 2. The van der Waals surface area contributed by atoms with E-state index in [-0.39, 0.29) is 16.9 Å². The maximum Gasteiger partial charge on any atom is 0.285 e. The zero-order valence-electron chi connectivity index (χ0n) is 14.9. The first-order chi connectivity index (χ1) is 13.0. The number of rotatable bonds is 3. The molecule has 0 amide bonds. The summed E-state index contributed by atoms with van der Waals surface area (Å²) in [6.45, 7) is 5.08. The predicted molar refractivity (Wildman–Crippen MR) is 99.6 cm³/mol. The average Bonchev–Trinajstić information content (AvgIpc) is 3.08. The van der Waals surface area contributed by atoms with Crippen molar-refractivity contribution in [2.75, 3.05) is 11.4 Å². The zero-order valence-corrected chi connectivity index (χ0v) is 15.7. The van der Waals surface area contributed by atoms with Crippen LogP contribution in [0.25, 0.3) is 0 Å². The summed E-state index contributed by atoms with van der Waals surface area (Å²) in [5.74, 6) is -0.265. The number of nitrogens with zero attached hydrogens (tertiary/aromatic N) is 5. The van der Waals surface area contributed by atoms with Crippen molar-refractivity contribution in [2.45, 2.75) is 32.9 Å². The van der Waals surface area contributed by atoms with E-state index in [4.69, 9.17) is 11.6 Å². The summed E-state index contributed by atoms with van der Waals surface area (Å²) >= 11 is 6.12. The molecule has 1 aliphatic rings. The molecule has 140 valence electrons. The van der Waals surface area contributed by atoms with Gasteiger partial charge >= 0.3 is 0 Å². The van der Waals surface area contributed by atoms with E-state index >= 15 is 0 Å². The van der Waals surface area contributed by atoms with Crippen molar-refractivity contribution < 1.29 is 4.39 Å². The third-order valence-corrected chi connectivity index (χ3v) is 5.37.